The summed E-state index contributed by atoms with van der Waals surface area (Å²) in [6.07, 6.45) is 4.94. The van der Waals surface area contributed by atoms with Crippen molar-refractivity contribution >= 4 is 5.95 Å². The molecule has 0 saturated carbocycles. The number of imidazole rings is 1. The molecule has 0 spiro atoms. The number of nitrogens with zero attached hydrogens (tertiary/aromatic N) is 4. The molecule has 0 radical (unpaired) electrons. The molecule has 0 unspecified atom stereocenters. The van der Waals surface area contributed by atoms with Crippen LogP contribution in [0.3, 0.4) is 0 Å². The maximum absolute atomic E-state index is 4.49. The molecule has 0 aliphatic carbocycles. The zero-order valence-corrected chi connectivity index (χ0v) is 12.9. The topological polar surface area (TPSA) is 47.7 Å². The highest BCUT2D eigenvalue weighted by Gasteiger charge is 2.04. The van der Waals surface area contributed by atoms with E-state index in [9.17, 15) is 0 Å². The Bertz CT molecular complexity index is 538. The zero-order chi connectivity index (χ0) is 14.5. The molecule has 0 fully saturated rings. The Morgan fingerprint density at radius 1 is 1.25 bits per heavy atom. The smallest absolute Gasteiger partial charge is 0.202 e. The van der Waals surface area contributed by atoms with Gasteiger partial charge in [-0.3, -0.25) is 4.68 Å². The molecular weight excluding hydrogens is 250 g/mol. The number of aromatic nitrogens is 4. The summed E-state index contributed by atoms with van der Waals surface area (Å²) in [5.74, 6) is 1.59. The van der Waals surface area contributed by atoms with Gasteiger partial charge in [0.1, 0.15) is 0 Å². The van der Waals surface area contributed by atoms with Gasteiger partial charge in [0, 0.05) is 37.7 Å². The van der Waals surface area contributed by atoms with Crippen molar-refractivity contribution in [3.05, 3.63) is 29.8 Å². The van der Waals surface area contributed by atoms with Gasteiger partial charge in [-0.2, -0.15) is 5.10 Å². The van der Waals surface area contributed by atoms with Crippen LogP contribution in [0.25, 0.3) is 0 Å². The lowest BCUT2D eigenvalue weighted by molar-refractivity contribution is 0.517. The molecule has 20 heavy (non-hydrogen) atoms. The van der Waals surface area contributed by atoms with Crippen molar-refractivity contribution in [3.8, 4) is 0 Å². The summed E-state index contributed by atoms with van der Waals surface area (Å²) in [6.45, 7) is 11.4. The molecule has 0 amide bonds. The van der Waals surface area contributed by atoms with Gasteiger partial charge in [-0.15, -0.1) is 0 Å². The third-order valence-corrected chi connectivity index (χ3v) is 3.26. The summed E-state index contributed by atoms with van der Waals surface area (Å²) >= 11 is 0. The van der Waals surface area contributed by atoms with E-state index in [2.05, 4.69) is 51.5 Å². The van der Waals surface area contributed by atoms with Crippen molar-refractivity contribution in [2.45, 2.75) is 47.2 Å². The quantitative estimate of drug-likeness (QED) is 0.845. The molecule has 5 heteroatoms. The Hall–Kier alpha value is -1.78. The van der Waals surface area contributed by atoms with Gasteiger partial charge in [0.15, 0.2) is 0 Å². The van der Waals surface area contributed by atoms with Gasteiger partial charge in [-0.25, -0.2) is 4.98 Å². The highest BCUT2D eigenvalue weighted by atomic mass is 15.3. The highest BCUT2D eigenvalue weighted by Crippen LogP contribution is 2.08. The Kier molecular flexibility index (Phi) is 4.82. The molecule has 0 aliphatic heterocycles. The van der Waals surface area contributed by atoms with Crippen molar-refractivity contribution in [2.24, 2.45) is 5.92 Å². The van der Waals surface area contributed by atoms with E-state index in [0.717, 1.165) is 37.7 Å². The fourth-order valence-electron chi connectivity index (χ4n) is 2.24. The fraction of sp³-hybridized carbons (Fsp3) is 0.600. The minimum Gasteiger partial charge on any atom is -0.355 e. The lowest BCUT2D eigenvalue weighted by atomic mass is 10.2. The lowest BCUT2D eigenvalue weighted by Gasteiger charge is -2.11. The third kappa shape index (κ3) is 3.85. The van der Waals surface area contributed by atoms with Crippen LogP contribution in [0, 0.1) is 19.8 Å². The van der Waals surface area contributed by atoms with E-state index >= 15 is 0 Å². The number of hydrogen-bond acceptors (Lipinski definition) is 3. The summed E-state index contributed by atoms with van der Waals surface area (Å²) in [5.41, 5.74) is 2.32. The van der Waals surface area contributed by atoms with Crippen molar-refractivity contribution in [1.82, 2.24) is 19.3 Å². The maximum atomic E-state index is 4.49. The zero-order valence-electron chi connectivity index (χ0n) is 12.9. The minimum absolute atomic E-state index is 0.620. The second-order valence-corrected chi connectivity index (χ2v) is 5.72. The molecular formula is C15H25N5. The van der Waals surface area contributed by atoms with Crippen LogP contribution in [-0.2, 0) is 13.1 Å². The molecule has 2 heterocycles. The second kappa shape index (κ2) is 6.59. The van der Waals surface area contributed by atoms with Gasteiger partial charge in [0.2, 0.25) is 5.95 Å². The van der Waals surface area contributed by atoms with Crippen molar-refractivity contribution in [2.75, 3.05) is 11.9 Å². The molecule has 2 aromatic rings. The summed E-state index contributed by atoms with van der Waals surface area (Å²) in [5, 5.41) is 7.87. The van der Waals surface area contributed by atoms with Crippen LogP contribution in [0.15, 0.2) is 18.5 Å². The Morgan fingerprint density at radius 2 is 2.05 bits per heavy atom. The molecule has 0 atom stereocenters. The predicted molar refractivity (Wildman–Crippen MR) is 81.9 cm³/mol. The minimum atomic E-state index is 0.620. The molecule has 0 saturated heterocycles. The predicted octanol–water partition coefficient (Wildman–Crippen LogP) is 2.85. The summed E-state index contributed by atoms with van der Waals surface area (Å²) in [7, 11) is 0. The largest absolute Gasteiger partial charge is 0.355 e. The molecule has 0 bridgehead atoms. The SMILES string of the molecule is Cc1cc(C)n(CCCn2ccnc2NCC(C)C)n1. The van der Waals surface area contributed by atoms with Gasteiger partial charge in [0.05, 0.1) is 5.69 Å². The monoisotopic (exact) mass is 275 g/mol. The number of aryl methyl sites for hydroxylation is 4. The van der Waals surface area contributed by atoms with Gasteiger partial charge < -0.3 is 9.88 Å². The average molecular weight is 275 g/mol. The first-order valence-corrected chi connectivity index (χ1v) is 7.32. The Labute approximate surface area is 121 Å². The summed E-state index contributed by atoms with van der Waals surface area (Å²) < 4.78 is 4.25. The Balaban J connectivity index is 1.85. The third-order valence-electron chi connectivity index (χ3n) is 3.26. The van der Waals surface area contributed by atoms with E-state index in [4.69, 9.17) is 0 Å². The van der Waals surface area contributed by atoms with Crippen LogP contribution in [0.1, 0.15) is 31.7 Å². The fourth-order valence-corrected chi connectivity index (χ4v) is 2.24. The summed E-state index contributed by atoms with van der Waals surface area (Å²) in [6, 6.07) is 2.12. The summed E-state index contributed by atoms with van der Waals surface area (Å²) in [4.78, 5) is 4.36. The van der Waals surface area contributed by atoms with Gasteiger partial charge >= 0.3 is 0 Å². The van der Waals surface area contributed by atoms with Crippen LogP contribution < -0.4 is 5.32 Å². The van der Waals surface area contributed by atoms with E-state index in [1.807, 2.05) is 19.3 Å². The lowest BCUT2D eigenvalue weighted by Crippen LogP contribution is -2.13. The van der Waals surface area contributed by atoms with E-state index in [0.29, 0.717) is 5.92 Å². The van der Waals surface area contributed by atoms with E-state index in [1.165, 1.54) is 5.69 Å². The average Bonchev–Trinajstić information content (AvgIpc) is 2.94. The van der Waals surface area contributed by atoms with E-state index in [-0.39, 0.29) is 0 Å². The van der Waals surface area contributed by atoms with Crippen molar-refractivity contribution < 1.29 is 0 Å². The first-order chi connectivity index (χ1) is 9.56. The number of nitrogens with one attached hydrogen (secondary N) is 1. The highest BCUT2D eigenvalue weighted by molar-refractivity contribution is 5.25. The molecule has 5 nitrogen and oxygen atoms in total. The van der Waals surface area contributed by atoms with Gasteiger partial charge in [-0.05, 0) is 32.3 Å². The molecule has 0 aliphatic rings. The van der Waals surface area contributed by atoms with Gasteiger partial charge in [0.25, 0.3) is 0 Å². The van der Waals surface area contributed by atoms with E-state index in [1.54, 1.807) is 0 Å². The normalized spacial score (nSPS) is 11.2. The Morgan fingerprint density at radius 3 is 2.70 bits per heavy atom. The molecule has 110 valence electrons. The number of hydrogen-bond donors (Lipinski definition) is 1. The first-order valence-electron chi connectivity index (χ1n) is 7.32. The molecule has 2 aromatic heterocycles. The molecule has 0 aromatic carbocycles. The standard InChI is InChI=1S/C15H25N5/c1-12(2)11-17-15-16-6-9-19(15)7-5-8-20-14(4)10-13(3)18-20/h6,9-10,12H,5,7-8,11H2,1-4H3,(H,16,17). The molecule has 1 N–H and O–H groups in total. The van der Waals surface area contributed by atoms with E-state index < -0.39 is 0 Å². The van der Waals surface area contributed by atoms with Crippen LogP contribution in [0.5, 0.6) is 0 Å². The maximum Gasteiger partial charge on any atom is 0.202 e. The van der Waals surface area contributed by atoms with Gasteiger partial charge in [-0.1, -0.05) is 13.8 Å². The van der Waals surface area contributed by atoms with Crippen LogP contribution in [-0.4, -0.2) is 25.9 Å². The van der Waals surface area contributed by atoms with Crippen LogP contribution >= 0.6 is 0 Å². The van der Waals surface area contributed by atoms with Crippen molar-refractivity contribution in [3.63, 3.8) is 0 Å². The van der Waals surface area contributed by atoms with Crippen LogP contribution in [0.4, 0.5) is 5.95 Å². The number of rotatable bonds is 7. The van der Waals surface area contributed by atoms with Crippen LogP contribution in [0.2, 0.25) is 0 Å². The van der Waals surface area contributed by atoms with Crippen molar-refractivity contribution in [1.29, 1.82) is 0 Å². The first kappa shape index (κ1) is 14.6. The second-order valence-electron chi connectivity index (χ2n) is 5.72. The molecule has 2 rings (SSSR count). The number of anilines is 1.